The van der Waals surface area contributed by atoms with Crippen LogP contribution < -0.4 is 0 Å². The molecule has 4 heteroatoms. The molecule has 0 saturated carbocycles. The maximum Gasteiger partial charge on any atom is 0.408 e. The summed E-state index contributed by atoms with van der Waals surface area (Å²) in [4.78, 5) is 11.7. The summed E-state index contributed by atoms with van der Waals surface area (Å²) in [5.74, 6) is 0. The molecule has 0 aliphatic heterocycles. The minimum Gasteiger partial charge on any atom is -0.465 e. The maximum atomic E-state index is 10.7. The van der Waals surface area contributed by atoms with E-state index < -0.39 is 12.1 Å². The Morgan fingerprint density at radius 2 is 2.13 bits per heavy atom. The molecular weight excluding hydrogens is 192 g/mol. The van der Waals surface area contributed by atoms with E-state index in [9.17, 15) is 4.79 Å². The van der Waals surface area contributed by atoms with Gasteiger partial charge < -0.3 is 5.11 Å². The van der Waals surface area contributed by atoms with Crippen molar-refractivity contribution < 1.29 is 9.90 Å². The van der Waals surface area contributed by atoms with E-state index in [2.05, 4.69) is 0 Å². The fourth-order valence-electron chi connectivity index (χ4n) is 1.24. The molecule has 1 rings (SSSR count). The van der Waals surface area contributed by atoms with Crippen molar-refractivity contribution in [1.82, 2.24) is 4.90 Å². The third-order valence-electron chi connectivity index (χ3n) is 2.19. The normalized spacial score (nSPS) is 11.5. The Balaban J connectivity index is 2.71. The largest absolute Gasteiger partial charge is 0.465 e. The smallest absolute Gasteiger partial charge is 0.408 e. The lowest BCUT2D eigenvalue weighted by molar-refractivity contribution is 0.147. The lowest BCUT2D eigenvalue weighted by Crippen LogP contribution is -2.36. The number of nitriles is 1. The quantitative estimate of drug-likeness (QED) is 0.815. The average Bonchev–Trinajstić information content (AvgIpc) is 2.26. The van der Waals surface area contributed by atoms with Crippen LogP contribution in [0.5, 0.6) is 0 Å². The predicted molar refractivity (Wildman–Crippen MR) is 55.3 cm³/mol. The molecule has 0 spiro atoms. The molecule has 0 aliphatic carbocycles. The fraction of sp³-hybridized carbons (Fsp3) is 0.273. The van der Waals surface area contributed by atoms with Crippen LogP contribution in [0.15, 0.2) is 30.3 Å². The van der Waals surface area contributed by atoms with Crippen molar-refractivity contribution in [3.05, 3.63) is 35.9 Å². The molecule has 1 amide bonds. The lowest BCUT2D eigenvalue weighted by Gasteiger charge is -2.19. The van der Waals surface area contributed by atoms with Gasteiger partial charge in [-0.1, -0.05) is 30.3 Å². The first-order valence-corrected chi connectivity index (χ1v) is 4.54. The third kappa shape index (κ3) is 2.99. The Kier molecular flexibility index (Phi) is 3.69. The van der Waals surface area contributed by atoms with Crippen LogP contribution in [0.4, 0.5) is 4.79 Å². The van der Waals surface area contributed by atoms with Gasteiger partial charge in [-0.05, 0) is 5.56 Å². The number of rotatable bonds is 3. The molecule has 1 unspecified atom stereocenters. The summed E-state index contributed by atoms with van der Waals surface area (Å²) >= 11 is 0. The number of hydrogen-bond donors (Lipinski definition) is 1. The zero-order chi connectivity index (χ0) is 11.3. The second-order valence-corrected chi connectivity index (χ2v) is 3.23. The van der Waals surface area contributed by atoms with Crippen molar-refractivity contribution in [3.63, 3.8) is 0 Å². The number of carbonyl (C=O) groups is 1. The molecule has 0 fully saturated rings. The second-order valence-electron chi connectivity index (χ2n) is 3.23. The van der Waals surface area contributed by atoms with Crippen LogP contribution in [0.1, 0.15) is 5.56 Å². The SMILES string of the molecule is CN(C(=O)O)C(C#N)Cc1ccccc1. The van der Waals surface area contributed by atoms with Crippen LogP contribution in [0, 0.1) is 11.3 Å². The van der Waals surface area contributed by atoms with Crippen molar-refractivity contribution in [3.8, 4) is 6.07 Å². The van der Waals surface area contributed by atoms with Gasteiger partial charge in [0.25, 0.3) is 0 Å². The average molecular weight is 204 g/mol. The van der Waals surface area contributed by atoms with Gasteiger partial charge in [-0.25, -0.2) is 4.79 Å². The number of hydrogen-bond acceptors (Lipinski definition) is 2. The summed E-state index contributed by atoms with van der Waals surface area (Å²) < 4.78 is 0. The Bertz CT molecular complexity index is 370. The van der Waals surface area contributed by atoms with Crippen molar-refractivity contribution in [2.24, 2.45) is 0 Å². The third-order valence-corrected chi connectivity index (χ3v) is 2.19. The highest BCUT2D eigenvalue weighted by Gasteiger charge is 2.18. The van der Waals surface area contributed by atoms with E-state index in [4.69, 9.17) is 10.4 Å². The Morgan fingerprint density at radius 1 is 1.53 bits per heavy atom. The van der Waals surface area contributed by atoms with Gasteiger partial charge >= 0.3 is 6.09 Å². The first-order chi connectivity index (χ1) is 7.15. The highest BCUT2D eigenvalue weighted by molar-refractivity contribution is 5.65. The molecule has 1 N–H and O–H groups in total. The minimum atomic E-state index is -1.09. The molecule has 1 aromatic carbocycles. The van der Waals surface area contributed by atoms with E-state index in [1.807, 2.05) is 36.4 Å². The second kappa shape index (κ2) is 5.01. The monoisotopic (exact) mass is 204 g/mol. The highest BCUT2D eigenvalue weighted by atomic mass is 16.4. The van der Waals surface area contributed by atoms with E-state index in [0.29, 0.717) is 6.42 Å². The van der Waals surface area contributed by atoms with Gasteiger partial charge in [-0.3, -0.25) is 4.90 Å². The van der Waals surface area contributed by atoms with E-state index in [-0.39, 0.29) is 0 Å². The molecule has 1 atom stereocenters. The fourth-order valence-corrected chi connectivity index (χ4v) is 1.24. The van der Waals surface area contributed by atoms with Gasteiger partial charge in [0.1, 0.15) is 6.04 Å². The summed E-state index contributed by atoms with van der Waals surface area (Å²) in [6.07, 6.45) is -0.669. The summed E-state index contributed by atoms with van der Waals surface area (Å²) in [5, 5.41) is 17.6. The van der Waals surface area contributed by atoms with E-state index in [0.717, 1.165) is 10.5 Å². The van der Waals surface area contributed by atoms with E-state index in [1.54, 1.807) is 0 Å². The van der Waals surface area contributed by atoms with Crippen LogP contribution >= 0.6 is 0 Å². The van der Waals surface area contributed by atoms with Crippen LogP contribution in [0.25, 0.3) is 0 Å². The van der Waals surface area contributed by atoms with Crippen molar-refractivity contribution in [1.29, 1.82) is 5.26 Å². The van der Waals surface area contributed by atoms with Gasteiger partial charge in [0.15, 0.2) is 0 Å². The molecule has 0 aliphatic rings. The molecule has 0 aromatic heterocycles. The van der Waals surface area contributed by atoms with Crippen LogP contribution in [-0.4, -0.2) is 29.2 Å². The van der Waals surface area contributed by atoms with Crippen LogP contribution in [0.2, 0.25) is 0 Å². The Labute approximate surface area is 88.4 Å². The van der Waals surface area contributed by atoms with Gasteiger partial charge in [0, 0.05) is 13.5 Å². The molecule has 0 bridgehead atoms. The molecule has 78 valence electrons. The topological polar surface area (TPSA) is 64.3 Å². The van der Waals surface area contributed by atoms with Gasteiger partial charge in [0.2, 0.25) is 0 Å². The molecule has 0 heterocycles. The lowest BCUT2D eigenvalue weighted by atomic mass is 10.1. The standard InChI is InChI=1S/C11H12N2O2/c1-13(11(14)15)10(8-12)7-9-5-3-2-4-6-9/h2-6,10H,7H2,1H3,(H,14,15). The number of likely N-dealkylation sites (N-methyl/N-ethyl adjacent to an activating group) is 1. The van der Waals surface area contributed by atoms with Crippen molar-refractivity contribution in [2.75, 3.05) is 7.05 Å². The summed E-state index contributed by atoms with van der Waals surface area (Å²) in [6.45, 7) is 0. The van der Waals surface area contributed by atoms with E-state index >= 15 is 0 Å². The Morgan fingerprint density at radius 3 is 2.60 bits per heavy atom. The number of benzene rings is 1. The van der Waals surface area contributed by atoms with Gasteiger partial charge in [0.05, 0.1) is 6.07 Å². The first kappa shape index (κ1) is 11.1. The summed E-state index contributed by atoms with van der Waals surface area (Å²) in [6, 6.07) is 10.7. The molecule has 0 saturated heterocycles. The molecule has 1 aromatic rings. The first-order valence-electron chi connectivity index (χ1n) is 4.54. The maximum absolute atomic E-state index is 10.7. The van der Waals surface area contributed by atoms with Crippen molar-refractivity contribution in [2.45, 2.75) is 12.5 Å². The molecule has 0 radical (unpaired) electrons. The Hall–Kier alpha value is -2.02. The molecular formula is C11H12N2O2. The molecule has 15 heavy (non-hydrogen) atoms. The van der Waals surface area contributed by atoms with Gasteiger partial charge in [-0.15, -0.1) is 0 Å². The zero-order valence-corrected chi connectivity index (χ0v) is 8.42. The molecule has 4 nitrogen and oxygen atoms in total. The highest BCUT2D eigenvalue weighted by Crippen LogP contribution is 2.07. The van der Waals surface area contributed by atoms with E-state index in [1.165, 1.54) is 7.05 Å². The number of amides is 1. The van der Waals surface area contributed by atoms with Crippen LogP contribution in [0.3, 0.4) is 0 Å². The van der Waals surface area contributed by atoms with Gasteiger partial charge in [-0.2, -0.15) is 5.26 Å². The van der Waals surface area contributed by atoms with Crippen LogP contribution in [-0.2, 0) is 6.42 Å². The number of carboxylic acid groups (broad SMARTS) is 1. The summed E-state index contributed by atoms with van der Waals surface area (Å²) in [7, 11) is 1.40. The minimum absolute atomic E-state index is 0.417. The predicted octanol–water partition coefficient (Wildman–Crippen LogP) is 1.73. The van der Waals surface area contributed by atoms with Crippen molar-refractivity contribution >= 4 is 6.09 Å². The number of nitrogens with zero attached hydrogens (tertiary/aromatic N) is 2. The zero-order valence-electron chi connectivity index (χ0n) is 8.42. The summed E-state index contributed by atoms with van der Waals surface area (Å²) in [5.41, 5.74) is 0.956.